The first-order chi connectivity index (χ1) is 11.1. The van der Waals surface area contributed by atoms with Crippen LogP contribution < -0.4 is 0 Å². The number of aryl methyl sites for hydroxylation is 2. The van der Waals surface area contributed by atoms with Crippen LogP contribution in [0.15, 0.2) is 24.7 Å². The van der Waals surface area contributed by atoms with E-state index in [1.54, 1.807) is 24.2 Å². The van der Waals surface area contributed by atoms with Crippen molar-refractivity contribution >= 4 is 5.91 Å². The SMILES string of the molecule is CCc1cncc(C(=O)N2C[C@@H](OC)[C@H](c3cn(C)nn3)C2)c1. The molecule has 1 saturated heterocycles. The molecule has 0 N–H and O–H groups in total. The fraction of sp³-hybridized carbons (Fsp3) is 0.500. The summed E-state index contributed by atoms with van der Waals surface area (Å²) in [4.78, 5) is 18.7. The topological polar surface area (TPSA) is 73.1 Å². The van der Waals surface area contributed by atoms with Gasteiger partial charge in [-0.15, -0.1) is 5.10 Å². The number of likely N-dealkylation sites (tertiary alicyclic amines) is 1. The number of nitrogens with zero attached hydrogens (tertiary/aromatic N) is 5. The molecule has 0 saturated carbocycles. The highest BCUT2D eigenvalue weighted by molar-refractivity contribution is 5.94. The molecule has 1 aliphatic rings. The van der Waals surface area contributed by atoms with Crippen molar-refractivity contribution in [3.05, 3.63) is 41.5 Å². The predicted molar refractivity (Wildman–Crippen MR) is 84.1 cm³/mol. The molecule has 0 unspecified atom stereocenters. The molecule has 1 aliphatic heterocycles. The van der Waals surface area contributed by atoms with Gasteiger partial charge in [0.2, 0.25) is 0 Å². The molecule has 3 rings (SSSR count). The van der Waals surface area contributed by atoms with Crippen molar-refractivity contribution in [2.24, 2.45) is 7.05 Å². The number of hydrogen-bond donors (Lipinski definition) is 0. The summed E-state index contributed by atoms with van der Waals surface area (Å²) in [6.45, 7) is 3.17. The van der Waals surface area contributed by atoms with E-state index in [4.69, 9.17) is 4.74 Å². The molecular weight excluding hydrogens is 294 g/mol. The maximum atomic E-state index is 12.7. The third kappa shape index (κ3) is 3.10. The Morgan fingerprint density at radius 3 is 2.87 bits per heavy atom. The zero-order valence-corrected chi connectivity index (χ0v) is 13.6. The van der Waals surface area contributed by atoms with Crippen molar-refractivity contribution in [2.45, 2.75) is 25.4 Å². The lowest BCUT2D eigenvalue weighted by atomic mass is 10.0. The number of carbonyl (C=O) groups excluding carboxylic acids is 1. The smallest absolute Gasteiger partial charge is 0.255 e. The Morgan fingerprint density at radius 1 is 1.39 bits per heavy atom. The lowest BCUT2D eigenvalue weighted by Crippen LogP contribution is -2.30. The molecule has 0 bridgehead atoms. The number of ether oxygens (including phenoxy) is 1. The van der Waals surface area contributed by atoms with Gasteiger partial charge in [-0.2, -0.15) is 0 Å². The minimum atomic E-state index is -0.0713. The summed E-state index contributed by atoms with van der Waals surface area (Å²) in [6, 6.07) is 1.91. The summed E-state index contributed by atoms with van der Waals surface area (Å²) in [5, 5.41) is 8.15. The molecule has 0 spiro atoms. The Kier molecular flexibility index (Phi) is 4.38. The van der Waals surface area contributed by atoms with Gasteiger partial charge in [0.25, 0.3) is 5.91 Å². The molecule has 7 nitrogen and oxygen atoms in total. The molecule has 2 atom stereocenters. The highest BCUT2D eigenvalue weighted by Crippen LogP contribution is 2.29. The summed E-state index contributed by atoms with van der Waals surface area (Å²) in [6.07, 6.45) is 6.08. The Hall–Kier alpha value is -2.28. The summed E-state index contributed by atoms with van der Waals surface area (Å²) >= 11 is 0. The van der Waals surface area contributed by atoms with Crippen molar-refractivity contribution < 1.29 is 9.53 Å². The zero-order valence-electron chi connectivity index (χ0n) is 13.6. The maximum Gasteiger partial charge on any atom is 0.255 e. The van der Waals surface area contributed by atoms with E-state index in [9.17, 15) is 4.79 Å². The van der Waals surface area contributed by atoms with Gasteiger partial charge in [-0.1, -0.05) is 12.1 Å². The largest absolute Gasteiger partial charge is 0.379 e. The van der Waals surface area contributed by atoms with E-state index in [0.29, 0.717) is 18.7 Å². The first-order valence-electron chi connectivity index (χ1n) is 7.74. The second kappa shape index (κ2) is 6.45. The van der Waals surface area contributed by atoms with Gasteiger partial charge in [0, 0.05) is 45.8 Å². The van der Waals surface area contributed by atoms with Crippen LogP contribution in [0.3, 0.4) is 0 Å². The zero-order chi connectivity index (χ0) is 16.4. The highest BCUT2D eigenvalue weighted by atomic mass is 16.5. The van der Waals surface area contributed by atoms with E-state index < -0.39 is 0 Å². The molecule has 7 heteroatoms. The van der Waals surface area contributed by atoms with Crippen LogP contribution in [-0.2, 0) is 18.2 Å². The first kappa shape index (κ1) is 15.6. The fourth-order valence-electron chi connectivity index (χ4n) is 2.98. The molecule has 0 aromatic carbocycles. The number of aromatic nitrogens is 4. The summed E-state index contributed by atoms with van der Waals surface area (Å²) in [5.41, 5.74) is 2.54. The summed E-state index contributed by atoms with van der Waals surface area (Å²) in [5.74, 6) is 0.0289. The van der Waals surface area contributed by atoms with Crippen LogP contribution in [0.5, 0.6) is 0 Å². The van der Waals surface area contributed by atoms with E-state index in [1.807, 2.05) is 31.1 Å². The fourth-order valence-corrected chi connectivity index (χ4v) is 2.98. The van der Waals surface area contributed by atoms with Crippen LogP contribution in [0.1, 0.15) is 34.5 Å². The van der Waals surface area contributed by atoms with Gasteiger partial charge < -0.3 is 9.64 Å². The second-order valence-electron chi connectivity index (χ2n) is 5.84. The van der Waals surface area contributed by atoms with Gasteiger partial charge >= 0.3 is 0 Å². The van der Waals surface area contributed by atoms with Gasteiger partial charge in [0.15, 0.2) is 0 Å². The van der Waals surface area contributed by atoms with E-state index in [2.05, 4.69) is 15.3 Å². The monoisotopic (exact) mass is 315 g/mol. The molecular formula is C16H21N5O2. The Labute approximate surface area is 135 Å². The molecule has 23 heavy (non-hydrogen) atoms. The van der Waals surface area contributed by atoms with Crippen LogP contribution in [0.2, 0.25) is 0 Å². The average Bonchev–Trinajstić information content (AvgIpc) is 3.20. The van der Waals surface area contributed by atoms with Gasteiger partial charge in [0.05, 0.1) is 23.3 Å². The highest BCUT2D eigenvalue weighted by Gasteiger charge is 2.38. The van der Waals surface area contributed by atoms with Crippen LogP contribution in [0.4, 0.5) is 0 Å². The van der Waals surface area contributed by atoms with E-state index >= 15 is 0 Å². The Morgan fingerprint density at radius 2 is 2.22 bits per heavy atom. The normalized spacial score (nSPS) is 20.9. The number of pyridine rings is 1. The number of hydrogen-bond acceptors (Lipinski definition) is 5. The molecule has 2 aromatic rings. The number of amides is 1. The first-order valence-corrected chi connectivity index (χ1v) is 7.74. The van der Waals surface area contributed by atoms with Crippen LogP contribution in [0.25, 0.3) is 0 Å². The molecule has 1 amide bonds. The third-order valence-electron chi connectivity index (χ3n) is 4.31. The molecule has 3 heterocycles. The van der Waals surface area contributed by atoms with E-state index in [-0.39, 0.29) is 17.9 Å². The quantitative estimate of drug-likeness (QED) is 0.842. The Balaban J connectivity index is 1.79. The maximum absolute atomic E-state index is 12.7. The number of rotatable bonds is 4. The predicted octanol–water partition coefficient (Wildman–Crippen LogP) is 1.03. The van der Waals surface area contributed by atoms with Crippen molar-refractivity contribution in [2.75, 3.05) is 20.2 Å². The minimum absolute atomic E-state index is 0.0127. The van der Waals surface area contributed by atoms with Crippen LogP contribution >= 0.6 is 0 Å². The molecule has 0 aliphatic carbocycles. The molecule has 1 fully saturated rings. The molecule has 0 radical (unpaired) electrons. The van der Waals surface area contributed by atoms with E-state index in [1.165, 1.54) is 0 Å². The molecule has 122 valence electrons. The van der Waals surface area contributed by atoms with Gasteiger partial charge in [-0.25, -0.2) is 0 Å². The summed E-state index contributed by atoms with van der Waals surface area (Å²) < 4.78 is 7.23. The van der Waals surface area contributed by atoms with Crippen LogP contribution in [0, 0.1) is 0 Å². The van der Waals surface area contributed by atoms with Gasteiger partial charge in [-0.05, 0) is 18.1 Å². The van der Waals surface area contributed by atoms with Gasteiger partial charge in [0.1, 0.15) is 0 Å². The van der Waals surface area contributed by atoms with Crippen molar-refractivity contribution in [3.63, 3.8) is 0 Å². The van der Waals surface area contributed by atoms with Crippen molar-refractivity contribution in [1.82, 2.24) is 24.9 Å². The summed E-state index contributed by atoms with van der Waals surface area (Å²) in [7, 11) is 3.50. The second-order valence-corrected chi connectivity index (χ2v) is 5.84. The lowest BCUT2D eigenvalue weighted by Gasteiger charge is -2.16. The Bertz CT molecular complexity index is 699. The van der Waals surface area contributed by atoms with Gasteiger partial charge in [-0.3, -0.25) is 14.5 Å². The average molecular weight is 315 g/mol. The third-order valence-corrected chi connectivity index (χ3v) is 4.31. The minimum Gasteiger partial charge on any atom is -0.379 e. The number of methoxy groups -OCH3 is 1. The standard InChI is InChI=1S/C16H21N5O2/c1-4-11-5-12(7-17-6-11)16(22)21-8-13(15(10-21)23-3)14-9-20(2)19-18-14/h5-7,9,13,15H,4,8,10H2,1-3H3/t13-,15+/m0/s1. The van der Waals surface area contributed by atoms with E-state index in [0.717, 1.165) is 17.7 Å². The van der Waals surface area contributed by atoms with Crippen LogP contribution in [-0.4, -0.2) is 57.1 Å². The molecule has 2 aromatic heterocycles. The number of carbonyl (C=O) groups is 1. The van der Waals surface area contributed by atoms with Crippen molar-refractivity contribution in [1.29, 1.82) is 0 Å². The lowest BCUT2D eigenvalue weighted by molar-refractivity contribution is 0.0714. The van der Waals surface area contributed by atoms with Crippen molar-refractivity contribution in [3.8, 4) is 0 Å².